The van der Waals surface area contributed by atoms with Crippen molar-refractivity contribution in [3.63, 3.8) is 0 Å². The molecule has 0 aliphatic carbocycles. The van der Waals surface area contributed by atoms with Crippen LogP contribution in [0, 0.1) is 0 Å². The van der Waals surface area contributed by atoms with Crippen molar-refractivity contribution in [2.75, 3.05) is 26.4 Å². The van der Waals surface area contributed by atoms with Gasteiger partial charge in [0.25, 0.3) is 0 Å². The number of carbonyl (C=O) groups excluding carboxylic acids is 2. The third kappa shape index (κ3) is 41.1. The van der Waals surface area contributed by atoms with Crippen LogP contribution in [0.5, 0.6) is 0 Å². The summed E-state index contributed by atoms with van der Waals surface area (Å²) in [7, 11) is -4.64. The molecule has 0 aromatic rings. The SMILES string of the molecule is CCC/C=C/C/C=C/C/C=C/C/C=C/CCCCCC(=O)OC[C@H](COP(=O)(O)OC[C@@H](O)CO)OC(=O)CCCCCC/C=C/C/C=C/C/C=C/CCCCC. The van der Waals surface area contributed by atoms with E-state index in [-0.39, 0.29) is 19.4 Å². The van der Waals surface area contributed by atoms with Crippen molar-refractivity contribution >= 4 is 19.8 Å². The highest BCUT2D eigenvalue weighted by atomic mass is 31.2. The van der Waals surface area contributed by atoms with Crippen LogP contribution in [0.25, 0.3) is 0 Å². The average Bonchev–Trinajstić information content (AvgIpc) is 3.20. The Kier molecular flexibility index (Phi) is 39.2. The van der Waals surface area contributed by atoms with Gasteiger partial charge in [0, 0.05) is 12.8 Å². The maximum atomic E-state index is 12.6. The lowest BCUT2D eigenvalue weighted by Crippen LogP contribution is -2.29. The molecule has 0 aromatic heterocycles. The molecule has 326 valence electrons. The van der Waals surface area contributed by atoms with Crippen LogP contribution < -0.4 is 0 Å². The van der Waals surface area contributed by atoms with Crippen LogP contribution in [0.3, 0.4) is 0 Å². The normalized spacial score (nSPS) is 14.7. The van der Waals surface area contributed by atoms with Gasteiger partial charge in [-0.15, -0.1) is 0 Å². The number of aliphatic hydroxyl groups is 2. The predicted molar refractivity (Wildman–Crippen MR) is 233 cm³/mol. The first-order chi connectivity index (χ1) is 27.7. The molecular weight excluding hydrogens is 743 g/mol. The van der Waals surface area contributed by atoms with Gasteiger partial charge in [0.05, 0.1) is 19.8 Å². The molecule has 0 rings (SSSR count). The van der Waals surface area contributed by atoms with Crippen LogP contribution in [0.2, 0.25) is 0 Å². The molecule has 1 unspecified atom stereocenters. The number of carbonyl (C=O) groups is 2. The monoisotopic (exact) mass is 821 g/mol. The number of rotatable bonds is 39. The number of ether oxygens (including phenoxy) is 2. The first-order valence-electron chi connectivity index (χ1n) is 21.5. The molecule has 0 saturated carbocycles. The number of hydrogen-bond acceptors (Lipinski definition) is 9. The summed E-state index contributed by atoms with van der Waals surface area (Å²) < 4.78 is 32.7. The van der Waals surface area contributed by atoms with Gasteiger partial charge in [0.1, 0.15) is 12.7 Å². The van der Waals surface area contributed by atoms with Crippen LogP contribution >= 0.6 is 7.82 Å². The quantitative estimate of drug-likeness (QED) is 0.0237. The molecular formula is C46H77O10P. The Morgan fingerprint density at radius 2 is 0.947 bits per heavy atom. The molecule has 3 N–H and O–H groups in total. The molecule has 0 amide bonds. The van der Waals surface area contributed by atoms with Gasteiger partial charge in [-0.1, -0.05) is 137 Å². The molecule has 3 atom stereocenters. The Labute approximate surface area is 345 Å². The highest BCUT2D eigenvalue weighted by Crippen LogP contribution is 2.43. The molecule has 0 aliphatic heterocycles. The van der Waals surface area contributed by atoms with Gasteiger partial charge in [0.15, 0.2) is 6.10 Å². The fraction of sp³-hybridized carbons (Fsp3) is 0.652. The summed E-state index contributed by atoms with van der Waals surface area (Å²) in [5, 5.41) is 18.3. The van der Waals surface area contributed by atoms with E-state index in [9.17, 15) is 24.2 Å². The van der Waals surface area contributed by atoms with E-state index in [4.69, 9.17) is 19.1 Å². The lowest BCUT2D eigenvalue weighted by molar-refractivity contribution is -0.161. The highest BCUT2D eigenvalue weighted by molar-refractivity contribution is 7.47. The Morgan fingerprint density at radius 3 is 1.44 bits per heavy atom. The lowest BCUT2D eigenvalue weighted by atomic mass is 10.1. The van der Waals surface area contributed by atoms with Gasteiger partial charge in [-0.2, -0.15) is 0 Å². The smallest absolute Gasteiger partial charge is 0.462 e. The molecule has 0 aromatic carbocycles. The van der Waals surface area contributed by atoms with Crippen LogP contribution in [-0.2, 0) is 32.7 Å². The number of hydrogen-bond donors (Lipinski definition) is 3. The van der Waals surface area contributed by atoms with Crippen LogP contribution in [0.1, 0.15) is 155 Å². The molecule has 0 fully saturated rings. The molecule has 10 nitrogen and oxygen atoms in total. The van der Waals surface area contributed by atoms with Crippen molar-refractivity contribution in [3.05, 3.63) is 85.1 Å². The van der Waals surface area contributed by atoms with E-state index < -0.39 is 51.8 Å². The fourth-order valence-electron chi connectivity index (χ4n) is 5.17. The summed E-state index contributed by atoms with van der Waals surface area (Å²) in [5.74, 6) is -0.995. The standard InChI is InChI=1S/C46H77O10P/c1-3-5-7-9-11-13-15-17-19-21-23-25-27-29-31-33-35-37-45(49)53-41-44(42-55-57(51,52)54-40-43(48)39-47)56-46(50)38-36-34-32-30-28-26-24-22-20-18-16-14-12-10-8-6-4-2/h7,9,12-15,18-21,24-27,43-44,47-48H,3-6,8,10-11,16-17,22-23,28-42H2,1-2H3,(H,51,52)/b9-7+,14-12+,15-13+,20-18+,21-19+,26-24+,27-25+/t43-,44+/m0/s1. The van der Waals surface area contributed by atoms with Crippen molar-refractivity contribution < 1.29 is 47.8 Å². The summed E-state index contributed by atoms with van der Waals surface area (Å²) in [6.45, 7) is 2.20. The van der Waals surface area contributed by atoms with Crippen molar-refractivity contribution in [2.45, 2.75) is 167 Å². The van der Waals surface area contributed by atoms with Gasteiger partial charge in [-0.05, 0) is 89.9 Å². The van der Waals surface area contributed by atoms with Crippen molar-refractivity contribution in [1.82, 2.24) is 0 Å². The first-order valence-corrected chi connectivity index (χ1v) is 23.0. The van der Waals surface area contributed by atoms with Crippen LogP contribution in [0.4, 0.5) is 0 Å². The summed E-state index contributed by atoms with van der Waals surface area (Å²) in [6.07, 6.45) is 48.3. The molecule has 0 radical (unpaired) electrons. The number of aliphatic hydroxyl groups excluding tert-OH is 2. The third-order valence-corrected chi connectivity index (χ3v) is 9.45. The van der Waals surface area contributed by atoms with E-state index in [1.165, 1.54) is 25.7 Å². The van der Waals surface area contributed by atoms with E-state index in [2.05, 4.69) is 103 Å². The van der Waals surface area contributed by atoms with Crippen LogP contribution in [0.15, 0.2) is 85.1 Å². The molecule has 57 heavy (non-hydrogen) atoms. The summed E-state index contributed by atoms with van der Waals surface area (Å²) >= 11 is 0. The number of phosphoric acid groups is 1. The highest BCUT2D eigenvalue weighted by Gasteiger charge is 2.27. The zero-order valence-electron chi connectivity index (χ0n) is 35.3. The largest absolute Gasteiger partial charge is 0.472 e. The van der Waals surface area contributed by atoms with E-state index >= 15 is 0 Å². The maximum Gasteiger partial charge on any atom is 0.472 e. The number of phosphoric ester groups is 1. The second-order valence-electron chi connectivity index (χ2n) is 14.0. The first kappa shape index (κ1) is 54.2. The molecule has 11 heteroatoms. The van der Waals surface area contributed by atoms with E-state index in [0.29, 0.717) is 12.8 Å². The zero-order chi connectivity index (χ0) is 41.9. The predicted octanol–water partition coefficient (Wildman–Crippen LogP) is 11.4. The molecule has 0 spiro atoms. The third-order valence-electron chi connectivity index (χ3n) is 8.50. The van der Waals surface area contributed by atoms with Crippen molar-refractivity contribution in [3.8, 4) is 0 Å². The van der Waals surface area contributed by atoms with Gasteiger partial charge in [-0.3, -0.25) is 18.6 Å². The topological polar surface area (TPSA) is 149 Å². The van der Waals surface area contributed by atoms with E-state index in [1.54, 1.807) is 0 Å². The molecule has 0 bridgehead atoms. The Bertz CT molecular complexity index is 1220. The number of unbranched alkanes of at least 4 members (excludes halogenated alkanes) is 11. The van der Waals surface area contributed by atoms with Crippen LogP contribution in [-0.4, -0.2) is 65.7 Å². The minimum atomic E-state index is -4.64. The molecule has 0 heterocycles. The minimum absolute atomic E-state index is 0.146. The average molecular weight is 821 g/mol. The number of esters is 2. The summed E-state index contributed by atoms with van der Waals surface area (Å²) in [4.78, 5) is 35.0. The minimum Gasteiger partial charge on any atom is -0.462 e. The van der Waals surface area contributed by atoms with Gasteiger partial charge in [-0.25, -0.2) is 4.57 Å². The van der Waals surface area contributed by atoms with Gasteiger partial charge < -0.3 is 24.6 Å². The Balaban J connectivity index is 4.43. The number of allylic oxidation sites excluding steroid dienone is 14. The maximum absolute atomic E-state index is 12.6. The fourth-order valence-corrected chi connectivity index (χ4v) is 5.95. The van der Waals surface area contributed by atoms with E-state index in [0.717, 1.165) is 89.9 Å². The van der Waals surface area contributed by atoms with E-state index in [1.807, 2.05) is 0 Å². The molecule has 0 aliphatic rings. The molecule has 0 saturated heterocycles. The van der Waals surface area contributed by atoms with Gasteiger partial charge >= 0.3 is 19.8 Å². The van der Waals surface area contributed by atoms with Gasteiger partial charge in [0.2, 0.25) is 0 Å². The summed E-state index contributed by atoms with van der Waals surface area (Å²) in [6, 6.07) is 0. The second-order valence-corrected chi connectivity index (χ2v) is 15.5. The zero-order valence-corrected chi connectivity index (χ0v) is 36.2. The Morgan fingerprint density at radius 1 is 0.526 bits per heavy atom. The lowest BCUT2D eigenvalue weighted by Gasteiger charge is -2.20. The second kappa shape index (κ2) is 41.3. The summed E-state index contributed by atoms with van der Waals surface area (Å²) in [5.41, 5.74) is 0. The Hall–Kier alpha value is -2.85. The van der Waals surface area contributed by atoms with Crippen molar-refractivity contribution in [1.29, 1.82) is 0 Å². The van der Waals surface area contributed by atoms with Crippen molar-refractivity contribution in [2.24, 2.45) is 0 Å².